The van der Waals surface area contributed by atoms with Crippen molar-refractivity contribution in [3.63, 3.8) is 0 Å². The summed E-state index contributed by atoms with van der Waals surface area (Å²) in [6.07, 6.45) is 1.44. The smallest absolute Gasteiger partial charge is 0.343 e. The lowest BCUT2D eigenvalue weighted by Crippen LogP contribution is -2.24. The number of nitro benzene ring substituents is 1. The van der Waals surface area contributed by atoms with Crippen LogP contribution in [0.4, 0.5) is 5.69 Å². The summed E-state index contributed by atoms with van der Waals surface area (Å²) in [6.45, 7) is 3.72. The van der Waals surface area contributed by atoms with Gasteiger partial charge in [0.15, 0.2) is 6.61 Å². The van der Waals surface area contributed by atoms with Gasteiger partial charge < -0.3 is 9.47 Å². The van der Waals surface area contributed by atoms with E-state index in [9.17, 15) is 19.7 Å². The van der Waals surface area contributed by atoms with Gasteiger partial charge in [-0.15, -0.1) is 0 Å². The number of hydrogen-bond donors (Lipinski definition) is 1. The zero-order valence-corrected chi connectivity index (χ0v) is 18.0. The Hall–Kier alpha value is -4.53. The highest BCUT2D eigenvalue weighted by atomic mass is 16.6. The summed E-state index contributed by atoms with van der Waals surface area (Å²) in [6, 6.07) is 17.3. The van der Waals surface area contributed by atoms with Crippen LogP contribution in [0.2, 0.25) is 0 Å². The van der Waals surface area contributed by atoms with Gasteiger partial charge in [0.2, 0.25) is 0 Å². The molecule has 3 aromatic rings. The van der Waals surface area contributed by atoms with Crippen LogP contribution in [0.15, 0.2) is 71.8 Å². The van der Waals surface area contributed by atoms with Crippen molar-refractivity contribution in [3.8, 4) is 11.5 Å². The molecular weight excluding hydrogens is 426 g/mol. The summed E-state index contributed by atoms with van der Waals surface area (Å²) in [5.41, 5.74) is 5.19. The van der Waals surface area contributed by atoms with Gasteiger partial charge in [0.1, 0.15) is 11.5 Å². The molecule has 0 aliphatic rings. The van der Waals surface area contributed by atoms with Gasteiger partial charge >= 0.3 is 5.97 Å². The first-order chi connectivity index (χ1) is 15.8. The fourth-order valence-electron chi connectivity index (χ4n) is 2.82. The van der Waals surface area contributed by atoms with Crippen LogP contribution in [0.1, 0.15) is 27.0 Å². The lowest BCUT2D eigenvalue weighted by molar-refractivity contribution is -0.384. The maximum absolute atomic E-state index is 12.2. The molecule has 0 unspecified atom stereocenters. The van der Waals surface area contributed by atoms with Gasteiger partial charge in [0.05, 0.1) is 16.7 Å². The lowest BCUT2D eigenvalue weighted by Gasteiger charge is -2.08. The monoisotopic (exact) mass is 447 g/mol. The van der Waals surface area contributed by atoms with E-state index in [0.29, 0.717) is 17.1 Å². The number of aryl methyl sites for hydroxylation is 2. The second kappa shape index (κ2) is 10.7. The standard InChI is InChI=1S/C24H21N3O6/c1-16-3-12-22(17(2)13-16)32-15-23(28)26-25-14-18-4-10-21(11-5-18)33-24(29)19-6-8-20(9-7-19)27(30)31/h3-14H,15H2,1-2H3,(H,26,28)/b25-14+. The number of hydrogen-bond acceptors (Lipinski definition) is 7. The van der Waals surface area contributed by atoms with Crippen molar-refractivity contribution in [2.75, 3.05) is 6.61 Å². The zero-order chi connectivity index (χ0) is 23.8. The van der Waals surface area contributed by atoms with E-state index in [2.05, 4.69) is 10.5 Å². The van der Waals surface area contributed by atoms with E-state index in [-0.39, 0.29) is 17.9 Å². The molecule has 1 N–H and O–H groups in total. The molecule has 168 valence electrons. The average Bonchev–Trinajstić information content (AvgIpc) is 2.79. The second-order valence-corrected chi connectivity index (χ2v) is 7.11. The molecule has 0 heterocycles. The number of nitro groups is 1. The van der Waals surface area contributed by atoms with E-state index >= 15 is 0 Å². The third kappa shape index (κ3) is 6.73. The first-order valence-corrected chi connectivity index (χ1v) is 9.90. The molecule has 0 fully saturated rings. The number of carbonyl (C=O) groups is 2. The molecular formula is C24H21N3O6. The average molecular weight is 447 g/mol. The van der Waals surface area contributed by atoms with Crippen LogP contribution in [0.3, 0.4) is 0 Å². The lowest BCUT2D eigenvalue weighted by atomic mass is 10.1. The van der Waals surface area contributed by atoms with Crippen molar-refractivity contribution >= 4 is 23.8 Å². The molecule has 0 bridgehead atoms. The maximum atomic E-state index is 12.2. The van der Waals surface area contributed by atoms with Crippen LogP contribution in [0.25, 0.3) is 0 Å². The highest BCUT2D eigenvalue weighted by Crippen LogP contribution is 2.18. The molecule has 0 atom stereocenters. The minimum absolute atomic E-state index is 0.112. The quantitative estimate of drug-likeness (QED) is 0.183. The molecule has 33 heavy (non-hydrogen) atoms. The van der Waals surface area contributed by atoms with Gasteiger partial charge in [0.25, 0.3) is 11.6 Å². The number of nitrogens with zero attached hydrogens (tertiary/aromatic N) is 2. The number of nitrogens with one attached hydrogen (secondary N) is 1. The van der Waals surface area contributed by atoms with E-state index in [1.54, 1.807) is 24.3 Å². The summed E-state index contributed by atoms with van der Waals surface area (Å²) in [5.74, 6) is -0.109. The van der Waals surface area contributed by atoms with Gasteiger partial charge in [-0.2, -0.15) is 5.10 Å². The molecule has 1 amide bonds. The third-order valence-corrected chi connectivity index (χ3v) is 4.50. The summed E-state index contributed by atoms with van der Waals surface area (Å²) in [7, 11) is 0. The van der Waals surface area contributed by atoms with E-state index in [4.69, 9.17) is 9.47 Å². The van der Waals surface area contributed by atoms with Gasteiger partial charge in [-0.1, -0.05) is 17.7 Å². The Labute approximate surface area is 189 Å². The van der Waals surface area contributed by atoms with Gasteiger partial charge in [0, 0.05) is 12.1 Å². The first-order valence-electron chi connectivity index (χ1n) is 9.90. The Morgan fingerprint density at radius 1 is 1.03 bits per heavy atom. The number of carbonyl (C=O) groups excluding carboxylic acids is 2. The second-order valence-electron chi connectivity index (χ2n) is 7.11. The van der Waals surface area contributed by atoms with E-state index < -0.39 is 16.8 Å². The molecule has 0 saturated carbocycles. The molecule has 3 rings (SSSR count). The minimum Gasteiger partial charge on any atom is -0.483 e. The number of hydrazone groups is 1. The van der Waals surface area contributed by atoms with Crippen molar-refractivity contribution in [3.05, 3.63) is 99.1 Å². The van der Waals surface area contributed by atoms with Crippen molar-refractivity contribution in [2.24, 2.45) is 5.10 Å². The molecule has 9 heteroatoms. The fraction of sp³-hybridized carbons (Fsp3) is 0.125. The van der Waals surface area contributed by atoms with Crippen molar-refractivity contribution in [2.45, 2.75) is 13.8 Å². The molecule has 0 aliphatic heterocycles. The van der Waals surface area contributed by atoms with Crippen molar-refractivity contribution in [1.29, 1.82) is 0 Å². The molecule has 0 aliphatic carbocycles. The first kappa shape index (κ1) is 23.1. The fourth-order valence-corrected chi connectivity index (χ4v) is 2.82. The van der Waals surface area contributed by atoms with E-state index in [0.717, 1.165) is 11.1 Å². The Morgan fingerprint density at radius 3 is 2.36 bits per heavy atom. The summed E-state index contributed by atoms with van der Waals surface area (Å²) >= 11 is 0. The Morgan fingerprint density at radius 2 is 1.73 bits per heavy atom. The maximum Gasteiger partial charge on any atom is 0.343 e. The van der Waals surface area contributed by atoms with Crippen LogP contribution in [-0.2, 0) is 4.79 Å². The Bertz CT molecular complexity index is 1190. The van der Waals surface area contributed by atoms with Crippen LogP contribution >= 0.6 is 0 Å². The topological polar surface area (TPSA) is 120 Å². The largest absolute Gasteiger partial charge is 0.483 e. The molecule has 0 aromatic heterocycles. The Balaban J connectivity index is 1.47. The number of non-ortho nitro benzene ring substituents is 1. The van der Waals surface area contributed by atoms with Crippen molar-refractivity contribution < 1.29 is 24.0 Å². The van der Waals surface area contributed by atoms with Gasteiger partial charge in [-0.05, 0) is 67.4 Å². The third-order valence-electron chi connectivity index (χ3n) is 4.50. The molecule has 9 nitrogen and oxygen atoms in total. The number of ether oxygens (including phenoxy) is 2. The number of esters is 1. The van der Waals surface area contributed by atoms with E-state index in [1.165, 1.54) is 30.5 Å². The van der Waals surface area contributed by atoms with Gasteiger partial charge in [-0.3, -0.25) is 14.9 Å². The summed E-state index contributed by atoms with van der Waals surface area (Å²) in [4.78, 5) is 34.2. The molecule has 0 saturated heterocycles. The van der Waals surface area contributed by atoms with Crippen LogP contribution in [-0.4, -0.2) is 29.6 Å². The molecule has 3 aromatic carbocycles. The number of rotatable bonds is 8. The predicted octanol–water partition coefficient (Wildman–Crippen LogP) is 3.96. The normalized spacial score (nSPS) is 10.6. The number of benzene rings is 3. The highest BCUT2D eigenvalue weighted by Gasteiger charge is 2.11. The zero-order valence-electron chi connectivity index (χ0n) is 18.0. The van der Waals surface area contributed by atoms with Crippen molar-refractivity contribution in [1.82, 2.24) is 5.43 Å². The molecule has 0 spiro atoms. The van der Waals surface area contributed by atoms with Crippen LogP contribution < -0.4 is 14.9 Å². The minimum atomic E-state index is -0.637. The predicted molar refractivity (Wildman–Crippen MR) is 122 cm³/mol. The summed E-state index contributed by atoms with van der Waals surface area (Å²) < 4.78 is 10.7. The highest BCUT2D eigenvalue weighted by molar-refractivity contribution is 5.91. The SMILES string of the molecule is Cc1ccc(OCC(=O)N/N=C/c2ccc(OC(=O)c3ccc([N+](=O)[O-])cc3)cc2)c(C)c1. The van der Waals surface area contributed by atoms with Crippen LogP contribution in [0, 0.1) is 24.0 Å². The number of amides is 1. The Kier molecular flexibility index (Phi) is 7.48. The van der Waals surface area contributed by atoms with Crippen LogP contribution in [0.5, 0.6) is 11.5 Å². The summed E-state index contributed by atoms with van der Waals surface area (Å²) in [5, 5.41) is 14.6. The van der Waals surface area contributed by atoms with Gasteiger partial charge in [-0.25, -0.2) is 10.2 Å². The molecule has 0 radical (unpaired) electrons. The van der Waals surface area contributed by atoms with E-state index in [1.807, 2.05) is 32.0 Å².